The maximum absolute atomic E-state index is 9.99. The van der Waals surface area contributed by atoms with Crippen LogP contribution in [0.1, 0.15) is 5.56 Å². The largest absolute Gasteiger partial charge is 0.319 e. The molecule has 0 bridgehead atoms. The lowest BCUT2D eigenvalue weighted by Gasteiger charge is -2.18. The molecule has 0 radical (unpaired) electrons. The normalized spacial score (nSPS) is 11.3. The molecule has 2 heterocycles. The van der Waals surface area contributed by atoms with Crippen LogP contribution in [0, 0.1) is 17.9 Å². The molecule has 4 heteroatoms. The molecule has 0 aliphatic rings. The van der Waals surface area contributed by atoms with E-state index in [1.807, 2.05) is 36.4 Å². The van der Waals surface area contributed by atoms with Crippen LogP contribution in [0.4, 0.5) is 5.69 Å². The van der Waals surface area contributed by atoms with Crippen LogP contribution < -0.4 is 0 Å². The lowest BCUT2D eigenvalue weighted by atomic mass is 9.92. The van der Waals surface area contributed by atoms with Crippen molar-refractivity contribution in [2.24, 2.45) is 0 Å². The Morgan fingerprint density at radius 2 is 1.06 bits per heavy atom. The minimum Gasteiger partial charge on any atom is -0.319 e. The van der Waals surface area contributed by atoms with Crippen molar-refractivity contribution in [3.8, 4) is 39.7 Å². The Labute approximate surface area is 277 Å². The molecule has 0 spiro atoms. The van der Waals surface area contributed by atoms with Crippen molar-refractivity contribution >= 4 is 49.3 Å². The summed E-state index contributed by atoms with van der Waals surface area (Å²) in [4.78, 5) is 3.88. The highest BCUT2D eigenvalue weighted by Gasteiger charge is 2.19. The highest BCUT2D eigenvalue weighted by atomic mass is 15.0. The van der Waals surface area contributed by atoms with Gasteiger partial charge in [0, 0.05) is 27.4 Å². The zero-order valence-corrected chi connectivity index (χ0v) is 25.8. The molecule has 0 N–H and O–H groups in total. The molecule has 0 amide bonds. The Morgan fingerprint density at radius 1 is 0.500 bits per heavy atom. The average Bonchev–Trinajstić information content (AvgIpc) is 3.68. The van der Waals surface area contributed by atoms with Gasteiger partial charge in [-0.05, 0) is 70.6 Å². The molecule has 9 aromatic rings. The molecule has 222 valence electrons. The number of hydrogen-bond donors (Lipinski definition) is 0. The van der Waals surface area contributed by atoms with Crippen LogP contribution in [0.25, 0.3) is 82.1 Å². The van der Waals surface area contributed by atoms with Crippen LogP contribution in [0.2, 0.25) is 0 Å². The van der Waals surface area contributed by atoms with Crippen molar-refractivity contribution in [3.63, 3.8) is 0 Å². The third kappa shape index (κ3) is 4.07. The summed E-state index contributed by atoms with van der Waals surface area (Å²) < 4.78 is 4.52. The standard InChI is InChI=1S/C44H26N4/c1-46-39-17-10-16-37-36-15-6-7-18-40(36)47(44(37)39)31-24-22-30(23-25-31)32-11-2-3-12-33(32)38-27-29(28-45)21-26-43(38)48-41-19-8-4-13-34(41)35-14-5-9-20-42(35)48/h2-27H. The van der Waals surface area contributed by atoms with Gasteiger partial charge < -0.3 is 9.13 Å². The van der Waals surface area contributed by atoms with E-state index in [0.717, 1.165) is 66.5 Å². The van der Waals surface area contributed by atoms with Gasteiger partial charge in [-0.3, -0.25) is 0 Å². The molecule has 0 saturated carbocycles. The van der Waals surface area contributed by atoms with E-state index in [-0.39, 0.29) is 0 Å². The third-order valence-electron chi connectivity index (χ3n) is 9.39. The molecule has 9 rings (SSSR count). The minimum absolute atomic E-state index is 0.613. The van der Waals surface area contributed by atoms with Crippen molar-refractivity contribution in [1.82, 2.24) is 9.13 Å². The van der Waals surface area contributed by atoms with Crippen molar-refractivity contribution in [2.75, 3.05) is 0 Å². The zero-order valence-electron chi connectivity index (χ0n) is 25.8. The Kier molecular flexibility index (Phi) is 6.22. The maximum Gasteiger partial charge on any atom is 0.211 e. The molecule has 0 aliphatic heterocycles. The van der Waals surface area contributed by atoms with E-state index in [4.69, 9.17) is 6.57 Å². The number of rotatable bonds is 4. The number of hydrogen-bond acceptors (Lipinski definition) is 1. The summed E-state index contributed by atoms with van der Waals surface area (Å²) in [7, 11) is 0. The van der Waals surface area contributed by atoms with Gasteiger partial charge in [-0.2, -0.15) is 5.26 Å². The van der Waals surface area contributed by atoms with Crippen molar-refractivity contribution in [1.29, 1.82) is 5.26 Å². The first kappa shape index (κ1) is 27.4. The van der Waals surface area contributed by atoms with E-state index in [9.17, 15) is 5.26 Å². The summed E-state index contributed by atoms with van der Waals surface area (Å²) in [5.74, 6) is 0. The van der Waals surface area contributed by atoms with Gasteiger partial charge in [0.05, 0.1) is 46.0 Å². The number of fused-ring (bicyclic) bond motifs is 6. The van der Waals surface area contributed by atoms with Crippen LogP contribution in [0.5, 0.6) is 0 Å². The van der Waals surface area contributed by atoms with Gasteiger partial charge in [0.2, 0.25) is 5.69 Å². The first-order chi connectivity index (χ1) is 23.7. The van der Waals surface area contributed by atoms with E-state index in [1.165, 1.54) is 10.8 Å². The molecule has 0 unspecified atom stereocenters. The fourth-order valence-corrected chi connectivity index (χ4v) is 7.32. The summed E-state index contributed by atoms with van der Waals surface area (Å²) in [5.41, 5.74) is 11.7. The number of nitrogens with zero attached hydrogens (tertiary/aromatic N) is 4. The molecular formula is C44H26N4. The zero-order chi connectivity index (χ0) is 32.2. The van der Waals surface area contributed by atoms with Crippen molar-refractivity contribution in [2.45, 2.75) is 0 Å². The summed E-state index contributed by atoms with van der Waals surface area (Å²) in [5, 5.41) is 14.6. The van der Waals surface area contributed by atoms with E-state index in [1.54, 1.807) is 0 Å². The number of nitriles is 1. The molecule has 7 aromatic carbocycles. The molecule has 2 aromatic heterocycles. The van der Waals surface area contributed by atoms with Gasteiger partial charge in [-0.1, -0.05) is 109 Å². The lowest BCUT2D eigenvalue weighted by molar-refractivity contribution is 1.18. The van der Waals surface area contributed by atoms with Gasteiger partial charge in [-0.25, -0.2) is 4.85 Å². The second-order valence-corrected chi connectivity index (χ2v) is 11.9. The Hall–Kier alpha value is -6.88. The second kappa shape index (κ2) is 10.9. The molecule has 48 heavy (non-hydrogen) atoms. The van der Waals surface area contributed by atoms with Gasteiger partial charge in [-0.15, -0.1) is 0 Å². The summed E-state index contributed by atoms with van der Waals surface area (Å²) >= 11 is 0. The van der Waals surface area contributed by atoms with Gasteiger partial charge in [0.25, 0.3) is 0 Å². The highest BCUT2D eigenvalue weighted by Crippen LogP contribution is 2.41. The van der Waals surface area contributed by atoms with Crippen LogP contribution in [-0.2, 0) is 0 Å². The van der Waals surface area contributed by atoms with E-state index >= 15 is 0 Å². The first-order valence-corrected chi connectivity index (χ1v) is 15.9. The van der Waals surface area contributed by atoms with Gasteiger partial charge in [0.1, 0.15) is 0 Å². The second-order valence-electron chi connectivity index (χ2n) is 11.9. The summed E-state index contributed by atoms with van der Waals surface area (Å²) in [6.07, 6.45) is 0. The van der Waals surface area contributed by atoms with E-state index in [2.05, 4.69) is 141 Å². The van der Waals surface area contributed by atoms with E-state index in [0.29, 0.717) is 11.3 Å². The van der Waals surface area contributed by atoms with Gasteiger partial charge in [0.15, 0.2) is 0 Å². The van der Waals surface area contributed by atoms with Crippen LogP contribution in [-0.4, -0.2) is 9.13 Å². The van der Waals surface area contributed by atoms with Crippen molar-refractivity contribution < 1.29 is 0 Å². The number of aromatic nitrogens is 2. The predicted molar refractivity (Wildman–Crippen MR) is 197 cm³/mol. The molecule has 4 nitrogen and oxygen atoms in total. The quantitative estimate of drug-likeness (QED) is 0.183. The smallest absolute Gasteiger partial charge is 0.211 e. The fraction of sp³-hybridized carbons (Fsp3) is 0. The number of benzene rings is 7. The SMILES string of the molecule is [C-]#[N+]c1cccc2c3ccccc3n(-c3ccc(-c4ccccc4-c4cc(C#N)ccc4-n4c5ccccc5c5ccccc54)cc3)c12. The number of para-hydroxylation sites is 4. The fourth-order valence-electron chi connectivity index (χ4n) is 7.32. The molecule has 0 atom stereocenters. The van der Waals surface area contributed by atoms with Gasteiger partial charge >= 0.3 is 0 Å². The highest BCUT2D eigenvalue weighted by molar-refractivity contribution is 6.13. The Bertz CT molecular complexity index is 2750. The molecule has 0 saturated heterocycles. The van der Waals surface area contributed by atoms with Crippen LogP contribution in [0.3, 0.4) is 0 Å². The average molecular weight is 611 g/mol. The third-order valence-corrected chi connectivity index (χ3v) is 9.39. The lowest BCUT2D eigenvalue weighted by Crippen LogP contribution is -1.99. The van der Waals surface area contributed by atoms with Crippen LogP contribution in [0.15, 0.2) is 158 Å². The van der Waals surface area contributed by atoms with Crippen molar-refractivity contribution in [3.05, 3.63) is 175 Å². The maximum atomic E-state index is 9.99. The molecule has 0 fully saturated rings. The summed E-state index contributed by atoms with van der Waals surface area (Å²) in [6, 6.07) is 56.6. The minimum atomic E-state index is 0.613. The molecular weight excluding hydrogens is 585 g/mol. The first-order valence-electron chi connectivity index (χ1n) is 15.9. The Balaban J connectivity index is 1.24. The summed E-state index contributed by atoms with van der Waals surface area (Å²) in [6.45, 7) is 7.89. The topological polar surface area (TPSA) is 38.0 Å². The predicted octanol–water partition coefficient (Wildman–Crippen LogP) is 11.6. The molecule has 0 aliphatic carbocycles. The van der Waals surface area contributed by atoms with E-state index < -0.39 is 0 Å². The monoisotopic (exact) mass is 610 g/mol. The van der Waals surface area contributed by atoms with Crippen LogP contribution >= 0.6 is 0 Å². The Morgan fingerprint density at radius 3 is 1.71 bits per heavy atom.